The van der Waals surface area contributed by atoms with Crippen molar-refractivity contribution < 1.29 is 9.59 Å². The van der Waals surface area contributed by atoms with E-state index in [4.69, 9.17) is 0 Å². The van der Waals surface area contributed by atoms with Crippen LogP contribution < -0.4 is 0 Å². The molecule has 4 nitrogen and oxygen atoms in total. The summed E-state index contributed by atoms with van der Waals surface area (Å²) in [6.07, 6.45) is 2.14. The molecule has 1 aromatic carbocycles. The van der Waals surface area contributed by atoms with Gasteiger partial charge in [-0.25, -0.2) is 5.01 Å². The van der Waals surface area contributed by atoms with E-state index in [1.807, 2.05) is 19.1 Å². The number of nitrogens with zero attached hydrogens (tertiary/aromatic N) is 2. The van der Waals surface area contributed by atoms with Gasteiger partial charge in [-0.15, -0.1) is 0 Å². The number of hydrazine groups is 1. The topological polar surface area (TPSA) is 40.6 Å². The zero-order chi connectivity index (χ0) is 13.8. The number of amides is 2. The van der Waals surface area contributed by atoms with Crippen molar-refractivity contribution in [1.82, 2.24) is 10.0 Å². The molecule has 1 aliphatic rings. The second kappa shape index (κ2) is 6.19. The molecule has 0 atom stereocenters. The van der Waals surface area contributed by atoms with Gasteiger partial charge in [0.25, 0.3) is 5.91 Å². The van der Waals surface area contributed by atoms with Crippen LogP contribution >= 0.6 is 15.9 Å². The van der Waals surface area contributed by atoms with Crippen molar-refractivity contribution in [3.8, 4) is 0 Å². The number of hydrogen-bond acceptors (Lipinski definition) is 2. The van der Waals surface area contributed by atoms with Crippen LogP contribution in [0.25, 0.3) is 0 Å². The molecule has 0 aromatic heterocycles. The van der Waals surface area contributed by atoms with E-state index >= 15 is 0 Å². The minimum Gasteiger partial charge on any atom is -0.273 e. The standard InChI is InChI=1S/C14H17BrN2O2/c1-2-4-13(18)16-9-3-10-17(16)14(19)11-5-7-12(15)8-6-11/h5-8H,2-4,9-10H2,1H3. The predicted octanol–water partition coefficient (Wildman–Crippen LogP) is 2.84. The molecular formula is C14H17BrN2O2. The van der Waals surface area contributed by atoms with Gasteiger partial charge in [0.05, 0.1) is 0 Å². The molecule has 2 amide bonds. The summed E-state index contributed by atoms with van der Waals surface area (Å²) in [4.78, 5) is 24.4. The molecule has 0 aliphatic carbocycles. The number of rotatable bonds is 3. The fraction of sp³-hybridized carbons (Fsp3) is 0.429. The molecule has 1 fully saturated rings. The van der Waals surface area contributed by atoms with Crippen molar-refractivity contribution in [3.05, 3.63) is 34.3 Å². The maximum absolute atomic E-state index is 12.4. The highest BCUT2D eigenvalue weighted by atomic mass is 79.9. The van der Waals surface area contributed by atoms with Gasteiger partial charge in [0.2, 0.25) is 5.91 Å². The van der Waals surface area contributed by atoms with Gasteiger partial charge < -0.3 is 0 Å². The van der Waals surface area contributed by atoms with E-state index in [1.54, 1.807) is 22.2 Å². The third-order valence-electron chi connectivity index (χ3n) is 3.11. The van der Waals surface area contributed by atoms with Gasteiger partial charge in [-0.05, 0) is 37.1 Å². The van der Waals surface area contributed by atoms with E-state index in [0.717, 1.165) is 17.3 Å². The van der Waals surface area contributed by atoms with Crippen molar-refractivity contribution >= 4 is 27.7 Å². The van der Waals surface area contributed by atoms with E-state index in [0.29, 0.717) is 25.1 Å². The number of benzene rings is 1. The molecular weight excluding hydrogens is 308 g/mol. The first-order valence-electron chi connectivity index (χ1n) is 6.51. The molecule has 0 spiro atoms. The lowest BCUT2D eigenvalue weighted by Crippen LogP contribution is -2.44. The minimum atomic E-state index is -0.102. The van der Waals surface area contributed by atoms with E-state index in [-0.39, 0.29) is 11.8 Å². The average molecular weight is 325 g/mol. The lowest BCUT2D eigenvalue weighted by molar-refractivity contribution is -0.140. The van der Waals surface area contributed by atoms with Crippen LogP contribution in [0, 0.1) is 0 Å². The predicted molar refractivity (Wildman–Crippen MR) is 76.4 cm³/mol. The van der Waals surface area contributed by atoms with E-state index in [1.165, 1.54) is 0 Å². The minimum absolute atomic E-state index is 0.0328. The maximum Gasteiger partial charge on any atom is 0.272 e. The van der Waals surface area contributed by atoms with Crippen LogP contribution in [0.2, 0.25) is 0 Å². The Kier molecular flexibility index (Phi) is 4.58. The molecule has 102 valence electrons. The molecule has 0 bridgehead atoms. The monoisotopic (exact) mass is 324 g/mol. The van der Waals surface area contributed by atoms with Crippen LogP contribution in [-0.4, -0.2) is 34.9 Å². The lowest BCUT2D eigenvalue weighted by atomic mass is 10.2. The van der Waals surface area contributed by atoms with Crippen LogP contribution in [0.3, 0.4) is 0 Å². The third-order valence-corrected chi connectivity index (χ3v) is 3.64. The summed E-state index contributed by atoms with van der Waals surface area (Å²) in [6.45, 7) is 3.22. The van der Waals surface area contributed by atoms with Crippen molar-refractivity contribution in [2.45, 2.75) is 26.2 Å². The van der Waals surface area contributed by atoms with Crippen LogP contribution in [0.5, 0.6) is 0 Å². The Morgan fingerprint density at radius 1 is 1.16 bits per heavy atom. The number of carbonyl (C=O) groups excluding carboxylic acids is 2. The van der Waals surface area contributed by atoms with Crippen LogP contribution in [0.4, 0.5) is 0 Å². The fourth-order valence-corrected chi connectivity index (χ4v) is 2.43. The Labute approximate surface area is 121 Å². The average Bonchev–Trinajstić information content (AvgIpc) is 2.88. The van der Waals surface area contributed by atoms with Crippen molar-refractivity contribution in [1.29, 1.82) is 0 Å². The summed E-state index contributed by atoms with van der Waals surface area (Å²) in [6, 6.07) is 7.21. The third kappa shape index (κ3) is 3.15. The summed E-state index contributed by atoms with van der Waals surface area (Å²) < 4.78 is 0.935. The molecule has 1 aliphatic heterocycles. The Hall–Kier alpha value is -1.36. The van der Waals surface area contributed by atoms with Crippen LogP contribution in [0.1, 0.15) is 36.5 Å². The second-order valence-electron chi connectivity index (χ2n) is 4.56. The smallest absolute Gasteiger partial charge is 0.272 e. The van der Waals surface area contributed by atoms with Gasteiger partial charge in [-0.1, -0.05) is 22.9 Å². The van der Waals surface area contributed by atoms with Gasteiger partial charge in [0.15, 0.2) is 0 Å². The highest BCUT2D eigenvalue weighted by Gasteiger charge is 2.30. The van der Waals surface area contributed by atoms with E-state index < -0.39 is 0 Å². The Morgan fingerprint density at radius 2 is 1.79 bits per heavy atom. The van der Waals surface area contributed by atoms with Gasteiger partial charge >= 0.3 is 0 Å². The van der Waals surface area contributed by atoms with Gasteiger partial charge in [0.1, 0.15) is 0 Å². The fourth-order valence-electron chi connectivity index (χ4n) is 2.17. The lowest BCUT2D eigenvalue weighted by Gasteiger charge is -2.27. The zero-order valence-corrected chi connectivity index (χ0v) is 12.5. The molecule has 0 unspecified atom stereocenters. The summed E-state index contributed by atoms with van der Waals surface area (Å²) >= 11 is 3.34. The molecule has 1 heterocycles. The first kappa shape index (κ1) is 14.1. The normalized spacial score (nSPS) is 14.8. The molecule has 0 saturated carbocycles. The molecule has 1 aromatic rings. The molecule has 5 heteroatoms. The zero-order valence-electron chi connectivity index (χ0n) is 10.9. The first-order chi connectivity index (χ1) is 9.13. The number of carbonyl (C=O) groups is 2. The van der Waals surface area contributed by atoms with Crippen molar-refractivity contribution in [3.63, 3.8) is 0 Å². The highest BCUT2D eigenvalue weighted by Crippen LogP contribution is 2.18. The number of hydrogen-bond donors (Lipinski definition) is 0. The van der Waals surface area contributed by atoms with E-state index in [2.05, 4.69) is 15.9 Å². The Bertz CT molecular complexity index is 473. The summed E-state index contributed by atoms with van der Waals surface area (Å²) in [7, 11) is 0. The van der Waals surface area contributed by atoms with Crippen LogP contribution in [0.15, 0.2) is 28.7 Å². The molecule has 2 rings (SSSR count). The summed E-state index contributed by atoms with van der Waals surface area (Å²) in [5, 5.41) is 3.16. The highest BCUT2D eigenvalue weighted by molar-refractivity contribution is 9.10. The summed E-state index contributed by atoms with van der Waals surface area (Å²) in [5.74, 6) is -0.0695. The maximum atomic E-state index is 12.4. The second-order valence-corrected chi connectivity index (χ2v) is 5.47. The van der Waals surface area contributed by atoms with E-state index in [9.17, 15) is 9.59 Å². The molecule has 0 N–H and O–H groups in total. The number of halogens is 1. The molecule has 19 heavy (non-hydrogen) atoms. The Morgan fingerprint density at radius 3 is 2.42 bits per heavy atom. The first-order valence-corrected chi connectivity index (χ1v) is 7.30. The van der Waals surface area contributed by atoms with Gasteiger partial charge in [-0.2, -0.15) is 0 Å². The molecule has 0 radical (unpaired) electrons. The quantitative estimate of drug-likeness (QED) is 0.857. The van der Waals surface area contributed by atoms with Crippen molar-refractivity contribution in [2.24, 2.45) is 0 Å². The van der Waals surface area contributed by atoms with Gasteiger partial charge in [0, 0.05) is 29.5 Å². The SMILES string of the molecule is CCCC(=O)N1CCCN1C(=O)c1ccc(Br)cc1. The van der Waals surface area contributed by atoms with Crippen molar-refractivity contribution in [2.75, 3.05) is 13.1 Å². The van der Waals surface area contributed by atoms with Crippen LogP contribution in [-0.2, 0) is 4.79 Å². The molecule has 1 saturated heterocycles. The summed E-state index contributed by atoms with van der Waals surface area (Å²) in [5.41, 5.74) is 0.611. The Balaban J connectivity index is 2.13. The van der Waals surface area contributed by atoms with Gasteiger partial charge in [-0.3, -0.25) is 14.6 Å². The largest absolute Gasteiger partial charge is 0.273 e.